The molecule has 0 bridgehead atoms. The van der Waals surface area contributed by atoms with Crippen molar-refractivity contribution in [1.82, 2.24) is 0 Å². The summed E-state index contributed by atoms with van der Waals surface area (Å²) in [6, 6.07) is 7.63. The third-order valence-corrected chi connectivity index (χ3v) is 3.92. The zero-order chi connectivity index (χ0) is 14.0. The summed E-state index contributed by atoms with van der Waals surface area (Å²) in [7, 11) is 0. The highest BCUT2D eigenvalue weighted by Crippen LogP contribution is 2.32. The average molecular weight is 339 g/mol. The van der Waals surface area contributed by atoms with Gasteiger partial charge in [0, 0.05) is 17.1 Å². The molecule has 19 heavy (non-hydrogen) atoms. The van der Waals surface area contributed by atoms with Gasteiger partial charge in [-0.25, -0.2) is 4.39 Å². The predicted molar refractivity (Wildman–Crippen MR) is 80.2 cm³/mol. The molecular weight excluding hydrogens is 331 g/mol. The molecule has 0 aliphatic carbocycles. The lowest BCUT2D eigenvalue weighted by molar-refractivity contribution is 0.613. The minimum absolute atomic E-state index is 0.198. The molecule has 1 N–H and O–H groups in total. The van der Waals surface area contributed by atoms with Crippen molar-refractivity contribution in [2.45, 2.75) is 6.54 Å². The van der Waals surface area contributed by atoms with Crippen LogP contribution in [-0.4, -0.2) is 0 Å². The van der Waals surface area contributed by atoms with Gasteiger partial charge in [0.1, 0.15) is 5.82 Å². The van der Waals surface area contributed by atoms with Gasteiger partial charge in [-0.2, -0.15) is 0 Å². The van der Waals surface area contributed by atoms with Crippen LogP contribution >= 0.6 is 46.4 Å². The summed E-state index contributed by atoms with van der Waals surface area (Å²) in [6.45, 7) is 0.198. The molecule has 0 spiro atoms. The van der Waals surface area contributed by atoms with Crippen molar-refractivity contribution in [1.29, 1.82) is 0 Å². The Hall–Kier alpha value is -0.670. The molecule has 0 aliphatic rings. The second-order valence-electron chi connectivity index (χ2n) is 3.80. The number of anilines is 1. The molecule has 0 radical (unpaired) electrons. The van der Waals surface area contributed by atoms with Gasteiger partial charge in [-0.15, -0.1) is 0 Å². The molecule has 6 heteroatoms. The molecule has 2 rings (SSSR count). The first-order valence-corrected chi connectivity index (χ1v) is 6.81. The van der Waals surface area contributed by atoms with Gasteiger partial charge in [0.25, 0.3) is 0 Å². The van der Waals surface area contributed by atoms with Crippen LogP contribution < -0.4 is 5.32 Å². The fraction of sp³-hybridized carbons (Fsp3) is 0.0769. The molecule has 2 aromatic rings. The molecule has 0 aliphatic heterocycles. The highest BCUT2D eigenvalue weighted by atomic mass is 35.5. The van der Waals surface area contributed by atoms with Crippen molar-refractivity contribution in [2.75, 3.05) is 5.32 Å². The molecule has 0 aromatic heterocycles. The summed E-state index contributed by atoms with van der Waals surface area (Å²) in [5.41, 5.74) is 0.932. The van der Waals surface area contributed by atoms with Crippen molar-refractivity contribution in [2.24, 2.45) is 0 Å². The Morgan fingerprint density at radius 1 is 0.895 bits per heavy atom. The number of hydrogen-bond donors (Lipinski definition) is 1. The summed E-state index contributed by atoms with van der Waals surface area (Å²) in [6.07, 6.45) is 0. The Morgan fingerprint density at radius 2 is 1.58 bits per heavy atom. The van der Waals surface area contributed by atoms with Gasteiger partial charge in [0.15, 0.2) is 0 Å². The summed E-state index contributed by atoms with van der Waals surface area (Å²) >= 11 is 23.7. The van der Waals surface area contributed by atoms with Gasteiger partial charge >= 0.3 is 0 Å². The zero-order valence-corrected chi connectivity index (χ0v) is 12.5. The Balaban J connectivity index is 2.22. The second kappa shape index (κ2) is 6.19. The molecule has 0 saturated heterocycles. The first-order chi connectivity index (χ1) is 8.99. The molecule has 0 amide bonds. The van der Waals surface area contributed by atoms with Crippen molar-refractivity contribution in [3.8, 4) is 0 Å². The van der Waals surface area contributed by atoms with Crippen molar-refractivity contribution in [3.63, 3.8) is 0 Å². The normalized spacial score (nSPS) is 10.6. The van der Waals surface area contributed by atoms with Gasteiger partial charge in [0.2, 0.25) is 0 Å². The molecule has 0 fully saturated rings. The van der Waals surface area contributed by atoms with E-state index in [0.717, 1.165) is 0 Å². The predicted octanol–water partition coefficient (Wildman–Crippen LogP) is 6.05. The number of hydrogen-bond acceptors (Lipinski definition) is 1. The highest BCUT2D eigenvalue weighted by Gasteiger charge is 2.09. The van der Waals surface area contributed by atoms with E-state index in [0.29, 0.717) is 31.3 Å². The van der Waals surface area contributed by atoms with Crippen LogP contribution in [0.5, 0.6) is 0 Å². The van der Waals surface area contributed by atoms with E-state index < -0.39 is 0 Å². The van der Waals surface area contributed by atoms with E-state index in [9.17, 15) is 4.39 Å². The van der Waals surface area contributed by atoms with Crippen molar-refractivity contribution >= 4 is 52.1 Å². The molecule has 2 aromatic carbocycles. The monoisotopic (exact) mass is 337 g/mol. The topological polar surface area (TPSA) is 12.0 Å². The van der Waals surface area contributed by atoms with Crippen LogP contribution in [0.4, 0.5) is 10.1 Å². The molecule has 1 nitrogen and oxygen atoms in total. The third-order valence-electron chi connectivity index (χ3n) is 2.53. The van der Waals surface area contributed by atoms with E-state index in [4.69, 9.17) is 46.4 Å². The lowest BCUT2D eigenvalue weighted by atomic mass is 10.2. The van der Waals surface area contributed by atoms with Crippen molar-refractivity contribution < 1.29 is 4.39 Å². The van der Waals surface area contributed by atoms with E-state index in [1.165, 1.54) is 12.1 Å². The van der Waals surface area contributed by atoms with Crippen LogP contribution in [0.3, 0.4) is 0 Å². The minimum Gasteiger partial charge on any atom is -0.380 e. The van der Waals surface area contributed by atoms with Crippen LogP contribution in [0, 0.1) is 5.82 Å². The fourth-order valence-corrected chi connectivity index (χ4v) is 2.39. The van der Waals surface area contributed by atoms with E-state index in [1.54, 1.807) is 18.2 Å². The molecule has 0 atom stereocenters. The van der Waals surface area contributed by atoms with E-state index >= 15 is 0 Å². The number of halogens is 5. The molecule has 0 unspecified atom stereocenters. The van der Waals surface area contributed by atoms with Crippen LogP contribution in [0.1, 0.15) is 5.56 Å². The Labute approximate surface area is 130 Å². The first-order valence-electron chi connectivity index (χ1n) is 5.30. The first kappa shape index (κ1) is 14.7. The average Bonchev–Trinajstić information content (AvgIpc) is 2.34. The maximum Gasteiger partial charge on any atom is 0.129 e. The SMILES string of the molecule is Fc1cccc(Cl)c1CNc1cc(Cl)c(Cl)cc1Cl. The maximum absolute atomic E-state index is 13.6. The second-order valence-corrected chi connectivity index (χ2v) is 5.43. The smallest absolute Gasteiger partial charge is 0.129 e. The van der Waals surface area contributed by atoms with E-state index in [-0.39, 0.29) is 12.4 Å². The van der Waals surface area contributed by atoms with Gasteiger partial charge in [-0.1, -0.05) is 52.5 Å². The standard InChI is InChI=1S/C13H8Cl4FN/c14-8-2-1-3-12(18)7(8)6-19-13-5-10(16)9(15)4-11(13)17/h1-5,19H,6H2. The molecular formula is C13H8Cl4FN. The van der Waals surface area contributed by atoms with Gasteiger partial charge in [-0.05, 0) is 24.3 Å². The van der Waals surface area contributed by atoms with Gasteiger partial charge < -0.3 is 5.32 Å². The van der Waals surface area contributed by atoms with E-state index in [2.05, 4.69) is 5.32 Å². The quantitative estimate of drug-likeness (QED) is 0.671. The summed E-state index contributed by atoms with van der Waals surface area (Å²) in [5.74, 6) is -0.379. The van der Waals surface area contributed by atoms with Gasteiger partial charge in [0.05, 0.1) is 20.8 Å². The minimum atomic E-state index is -0.379. The molecule has 0 heterocycles. The lowest BCUT2D eigenvalue weighted by Crippen LogP contribution is -2.03. The van der Waals surface area contributed by atoms with E-state index in [1.807, 2.05) is 0 Å². The van der Waals surface area contributed by atoms with Crippen LogP contribution in [0.2, 0.25) is 20.1 Å². The van der Waals surface area contributed by atoms with Crippen LogP contribution in [0.25, 0.3) is 0 Å². The van der Waals surface area contributed by atoms with Crippen molar-refractivity contribution in [3.05, 3.63) is 61.8 Å². The Kier molecular flexibility index (Phi) is 4.80. The summed E-state index contributed by atoms with van der Waals surface area (Å²) < 4.78 is 13.6. The number of benzene rings is 2. The number of nitrogens with one attached hydrogen (secondary N) is 1. The Bertz CT molecular complexity index is 596. The zero-order valence-electron chi connectivity index (χ0n) is 9.48. The summed E-state index contributed by atoms with van der Waals surface area (Å²) in [4.78, 5) is 0. The summed E-state index contributed by atoms with van der Waals surface area (Å²) in [5, 5.41) is 4.47. The third kappa shape index (κ3) is 3.46. The lowest BCUT2D eigenvalue weighted by Gasteiger charge is -2.11. The molecule has 0 saturated carbocycles. The number of rotatable bonds is 3. The molecule has 100 valence electrons. The van der Waals surface area contributed by atoms with Gasteiger partial charge in [-0.3, -0.25) is 0 Å². The maximum atomic E-state index is 13.6. The van der Waals surface area contributed by atoms with Crippen LogP contribution in [-0.2, 0) is 6.54 Å². The fourth-order valence-electron chi connectivity index (χ4n) is 1.54. The highest BCUT2D eigenvalue weighted by molar-refractivity contribution is 6.44. The van der Waals surface area contributed by atoms with Crippen LogP contribution in [0.15, 0.2) is 30.3 Å². The Morgan fingerprint density at radius 3 is 2.26 bits per heavy atom. The largest absolute Gasteiger partial charge is 0.380 e.